The van der Waals surface area contributed by atoms with E-state index in [0.717, 1.165) is 30.7 Å². The maximum Gasteiger partial charge on any atom is 0.322 e. The molecule has 0 aliphatic heterocycles. The average Bonchev–Trinajstić information content (AvgIpc) is 2.70. The van der Waals surface area contributed by atoms with Gasteiger partial charge in [0, 0.05) is 16.5 Å². The van der Waals surface area contributed by atoms with Crippen LogP contribution in [0, 0.1) is 0 Å². The molecular weight excluding hydrogens is 338 g/mol. The van der Waals surface area contributed by atoms with E-state index in [-0.39, 0.29) is 0 Å². The summed E-state index contributed by atoms with van der Waals surface area (Å²) in [5.74, 6) is -1.03. The molecule has 0 fully saturated rings. The molecule has 0 saturated heterocycles. The Morgan fingerprint density at radius 3 is 3.00 bits per heavy atom. The second kappa shape index (κ2) is 5.16. The number of carboxylic acid groups (broad SMARTS) is 1. The van der Waals surface area contributed by atoms with Gasteiger partial charge in [-0.3, -0.25) is 4.79 Å². The molecule has 0 amide bonds. The van der Waals surface area contributed by atoms with Crippen molar-refractivity contribution >= 4 is 55.2 Å². The minimum atomic E-state index is -1.25. The highest BCUT2D eigenvalue weighted by Crippen LogP contribution is 2.39. The Hall–Kier alpha value is -0.630. The van der Waals surface area contributed by atoms with E-state index in [4.69, 9.17) is 5.11 Å². The number of carbonyl (C=O) groups is 1. The van der Waals surface area contributed by atoms with Gasteiger partial charge < -0.3 is 10.2 Å². The normalized spacial score (nSPS) is 14.6. The van der Waals surface area contributed by atoms with Gasteiger partial charge in [-0.05, 0) is 35.0 Å². The van der Waals surface area contributed by atoms with E-state index < -0.39 is 17.3 Å². The molecular formula is C11H10BrNO3S2. The van der Waals surface area contributed by atoms with Crippen molar-refractivity contribution < 1.29 is 15.0 Å². The van der Waals surface area contributed by atoms with Gasteiger partial charge in [-0.2, -0.15) is 0 Å². The molecule has 18 heavy (non-hydrogen) atoms. The number of aromatic nitrogens is 1. The van der Waals surface area contributed by atoms with Gasteiger partial charge in [0.05, 0.1) is 10.4 Å². The zero-order valence-electron chi connectivity index (χ0n) is 9.38. The fraction of sp³-hybridized carbons (Fsp3) is 0.273. The summed E-state index contributed by atoms with van der Waals surface area (Å²) in [7, 11) is 0. The van der Waals surface area contributed by atoms with Crippen molar-refractivity contribution in [3.05, 3.63) is 22.1 Å². The molecule has 4 nitrogen and oxygen atoms in total. The van der Waals surface area contributed by atoms with Crippen LogP contribution in [0.3, 0.4) is 0 Å². The lowest BCUT2D eigenvalue weighted by atomic mass is 10.2. The highest BCUT2D eigenvalue weighted by atomic mass is 79.9. The van der Waals surface area contributed by atoms with E-state index in [1.807, 2.05) is 6.07 Å². The Kier molecular flexibility index (Phi) is 3.96. The van der Waals surface area contributed by atoms with Gasteiger partial charge in [0.15, 0.2) is 0 Å². The molecule has 2 N–H and O–H groups in total. The third-order valence-corrected chi connectivity index (χ3v) is 5.33. The van der Waals surface area contributed by atoms with E-state index in [0.29, 0.717) is 0 Å². The standard InChI is InChI=1S/C11H10BrNO3S2/c1-11(5-14,10(15)16)18-7-2-3-13-9-6(7)4-8(12)17-9/h2-4,14H,5H2,1H3,(H,15,16). The second-order valence-corrected chi connectivity index (χ2v) is 7.83. The summed E-state index contributed by atoms with van der Waals surface area (Å²) in [6, 6.07) is 3.68. The number of thioether (sulfide) groups is 1. The maximum absolute atomic E-state index is 11.2. The molecule has 1 atom stereocenters. The lowest BCUT2D eigenvalue weighted by Gasteiger charge is -2.21. The number of aliphatic hydroxyl groups is 1. The summed E-state index contributed by atoms with van der Waals surface area (Å²) in [6.07, 6.45) is 1.65. The molecule has 1 unspecified atom stereocenters. The lowest BCUT2D eigenvalue weighted by Crippen LogP contribution is -2.35. The first-order valence-corrected chi connectivity index (χ1v) is 7.46. The zero-order valence-corrected chi connectivity index (χ0v) is 12.6. The topological polar surface area (TPSA) is 70.4 Å². The fourth-order valence-electron chi connectivity index (χ4n) is 1.36. The van der Waals surface area contributed by atoms with E-state index in [1.165, 1.54) is 18.3 Å². The van der Waals surface area contributed by atoms with Gasteiger partial charge >= 0.3 is 5.97 Å². The molecule has 0 bridgehead atoms. The second-order valence-electron chi connectivity index (χ2n) is 3.87. The highest BCUT2D eigenvalue weighted by molar-refractivity contribution is 9.11. The van der Waals surface area contributed by atoms with Crippen molar-refractivity contribution in [2.24, 2.45) is 0 Å². The monoisotopic (exact) mass is 347 g/mol. The first-order chi connectivity index (χ1) is 8.46. The third kappa shape index (κ3) is 2.54. The van der Waals surface area contributed by atoms with Crippen LogP contribution in [0.2, 0.25) is 0 Å². The Labute approximate surface area is 120 Å². The first kappa shape index (κ1) is 13.8. The zero-order chi connectivity index (χ0) is 13.3. The van der Waals surface area contributed by atoms with Crippen LogP contribution in [0.25, 0.3) is 10.2 Å². The molecule has 2 rings (SSSR count). The van der Waals surface area contributed by atoms with Crippen LogP contribution in [0.15, 0.2) is 27.0 Å². The Morgan fingerprint density at radius 2 is 2.39 bits per heavy atom. The van der Waals surface area contributed by atoms with Crippen molar-refractivity contribution in [3.8, 4) is 0 Å². The summed E-state index contributed by atoms with van der Waals surface area (Å²) in [4.78, 5) is 17.1. The number of aliphatic carboxylic acids is 1. The number of thiophene rings is 1. The SMILES string of the molecule is CC(CO)(Sc1ccnc2sc(Br)cc12)C(=O)O. The van der Waals surface area contributed by atoms with E-state index >= 15 is 0 Å². The number of aliphatic hydroxyl groups excluding tert-OH is 1. The number of rotatable bonds is 4. The molecule has 0 aliphatic carbocycles. The molecule has 7 heteroatoms. The number of carboxylic acids is 1. The molecule has 2 aromatic heterocycles. The molecule has 0 saturated carbocycles. The summed E-state index contributed by atoms with van der Waals surface area (Å²) >= 11 is 6.02. The summed E-state index contributed by atoms with van der Waals surface area (Å²) in [5.41, 5.74) is 0. The Morgan fingerprint density at radius 1 is 1.67 bits per heavy atom. The Balaban J connectivity index is 2.45. The Bertz CT molecular complexity index is 601. The molecule has 0 spiro atoms. The molecule has 2 aromatic rings. The number of pyridine rings is 1. The van der Waals surface area contributed by atoms with Crippen molar-refractivity contribution in [1.29, 1.82) is 0 Å². The molecule has 0 radical (unpaired) electrons. The fourth-order valence-corrected chi connectivity index (χ4v) is 3.90. The summed E-state index contributed by atoms with van der Waals surface area (Å²) in [6.45, 7) is 1.08. The van der Waals surface area contributed by atoms with Gasteiger partial charge in [0.25, 0.3) is 0 Å². The van der Waals surface area contributed by atoms with Crippen molar-refractivity contribution in [2.75, 3.05) is 6.61 Å². The number of hydrogen-bond acceptors (Lipinski definition) is 5. The van der Waals surface area contributed by atoms with Gasteiger partial charge in [0.1, 0.15) is 9.58 Å². The smallest absolute Gasteiger partial charge is 0.322 e. The molecule has 0 aromatic carbocycles. The van der Waals surface area contributed by atoms with Gasteiger partial charge in [-0.1, -0.05) is 0 Å². The van der Waals surface area contributed by atoms with Crippen molar-refractivity contribution in [1.82, 2.24) is 4.98 Å². The summed E-state index contributed by atoms with van der Waals surface area (Å²) < 4.78 is -0.304. The van der Waals surface area contributed by atoms with Crippen molar-refractivity contribution in [3.63, 3.8) is 0 Å². The first-order valence-electron chi connectivity index (χ1n) is 5.03. The average molecular weight is 348 g/mol. The minimum absolute atomic E-state index is 0.428. The van der Waals surface area contributed by atoms with Crippen LogP contribution >= 0.6 is 39.0 Å². The minimum Gasteiger partial charge on any atom is -0.480 e. The van der Waals surface area contributed by atoms with Crippen LogP contribution in [0.4, 0.5) is 0 Å². The van der Waals surface area contributed by atoms with Crippen LogP contribution in [0.5, 0.6) is 0 Å². The van der Waals surface area contributed by atoms with E-state index in [9.17, 15) is 9.90 Å². The summed E-state index contributed by atoms with van der Waals surface area (Å²) in [5, 5.41) is 19.3. The van der Waals surface area contributed by atoms with Gasteiger partial charge in [-0.15, -0.1) is 23.1 Å². The predicted octanol–water partition coefficient (Wildman–Crippen LogP) is 2.99. The van der Waals surface area contributed by atoms with Crippen LogP contribution in [-0.2, 0) is 4.79 Å². The number of halogens is 1. The van der Waals surface area contributed by atoms with Gasteiger partial charge in [0.2, 0.25) is 0 Å². The van der Waals surface area contributed by atoms with Gasteiger partial charge in [-0.25, -0.2) is 4.98 Å². The number of fused-ring (bicyclic) bond motifs is 1. The maximum atomic E-state index is 11.2. The lowest BCUT2D eigenvalue weighted by molar-refractivity contribution is -0.140. The largest absolute Gasteiger partial charge is 0.480 e. The number of hydrogen-bond donors (Lipinski definition) is 2. The quantitative estimate of drug-likeness (QED) is 0.832. The van der Waals surface area contributed by atoms with Crippen LogP contribution in [-0.4, -0.2) is 32.5 Å². The van der Waals surface area contributed by atoms with E-state index in [2.05, 4.69) is 20.9 Å². The molecule has 96 valence electrons. The number of nitrogens with zero attached hydrogens (tertiary/aromatic N) is 1. The molecule has 2 heterocycles. The van der Waals surface area contributed by atoms with E-state index in [1.54, 1.807) is 12.3 Å². The predicted molar refractivity (Wildman–Crippen MR) is 76.3 cm³/mol. The van der Waals surface area contributed by atoms with Crippen LogP contribution in [0.1, 0.15) is 6.92 Å². The van der Waals surface area contributed by atoms with Crippen LogP contribution < -0.4 is 0 Å². The van der Waals surface area contributed by atoms with Crippen molar-refractivity contribution in [2.45, 2.75) is 16.6 Å². The highest BCUT2D eigenvalue weighted by Gasteiger charge is 2.34. The third-order valence-electron chi connectivity index (χ3n) is 2.45. The molecule has 0 aliphatic rings.